The van der Waals surface area contributed by atoms with Crippen LogP contribution in [-0.2, 0) is 0 Å². The highest BCUT2D eigenvalue weighted by Gasteiger charge is 2.10. The lowest BCUT2D eigenvalue weighted by atomic mass is 10.2. The van der Waals surface area contributed by atoms with Gasteiger partial charge in [0.1, 0.15) is 5.52 Å². The van der Waals surface area contributed by atoms with Crippen molar-refractivity contribution < 1.29 is 4.79 Å². The third-order valence-corrected chi connectivity index (χ3v) is 2.97. The van der Waals surface area contributed by atoms with Crippen LogP contribution in [0.4, 0.5) is 0 Å². The number of allylic oxidation sites excluding steroid dienone is 2. The lowest BCUT2D eigenvalue weighted by Crippen LogP contribution is -2.11. The molecule has 0 saturated heterocycles. The number of aromatic nitrogens is 3. The molecule has 0 radical (unpaired) electrons. The van der Waals surface area contributed by atoms with Gasteiger partial charge >= 0.3 is 0 Å². The number of nitrogens with zero attached hydrogens (tertiary/aromatic N) is 3. The monoisotopic (exact) mass is 257 g/mol. The second-order valence-electron chi connectivity index (χ2n) is 4.54. The minimum Gasteiger partial charge on any atom is -0.273 e. The molecule has 19 heavy (non-hydrogen) atoms. The van der Waals surface area contributed by atoms with Crippen molar-refractivity contribution in [2.24, 2.45) is 0 Å². The molecule has 1 heterocycles. The van der Waals surface area contributed by atoms with Gasteiger partial charge in [-0.3, -0.25) is 4.79 Å². The molecule has 0 aliphatic heterocycles. The zero-order valence-corrected chi connectivity index (χ0v) is 11.2. The SMILES string of the molecule is CCC/C=C/CCCC(=O)n1nnc2ccccc21. The summed E-state index contributed by atoms with van der Waals surface area (Å²) in [6, 6.07) is 7.52. The van der Waals surface area contributed by atoms with Crippen LogP contribution in [0.1, 0.15) is 43.8 Å². The summed E-state index contributed by atoms with van der Waals surface area (Å²) in [6.45, 7) is 2.16. The van der Waals surface area contributed by atoms with Crippen molar-refractivity contribution in [1.29, 1.82) is 0 Å². The van der Waals surface area contributed by atoms with Crippen molar-refractivity contribution in [2.75, 3.05) is 0 Å². The Morgan fingerprint density at radius 3 is 2.89 bits per heavy atom. The van der Waals surface area contributed by atoms with Crippen LogP contribution < -0.4 is 0 Å². The van der Waals surface area contributed by atoms with Gasteiger partial charge in [-0.15, -0.1) is 5.10 Å². The molecule has 0 bridgehead atoms. The van der Waals surface area contributed by atoms with Gasteiger partial charge in [-0.05, 0) is 31.4 Å². The van der Waals surface area contributed by atoms with E-state index >= 15 is 0 Å². The lowest BCUT2D eigenvalue weighted by molar-refractivity contribution is 0.0887. The molecule has 4 heteroatoms. The van der Waals surface area contributed by atoms with Gasteiger partial charge in [-0.1, -0.05) is 42.8 Å². The number of rotatable bonds is 6. The Bertz CT molecular complexity index is 572. The van der Waals surface area contributed by atoms with Crippen LogP contribution in [0.2, 0.25) is 0 Å². The highest BCUT2D eigenvalue weighted by atomic mass is 16.2. The third-order valence-electron chi connectivity index (χ3n) is 2.97. The fraction of sp³-hybridized carbons (Fsp3) is 0.400. The van der Waals surface area contributed by atoms with E-state index in [-0.39, 0.29) is 5.91 Å². The molecule has 0 amide bonds. The number of unbranched alkanes of at least 4 members (excludes halogenated alkanes) is 2. The molecule has 0 fully saturated rings. The molecule has 0 aliphatic rings. The number of hydrogen-bond acceptors (Lipinski definition) is 3. The van der Waals surface area contributed by atoms with Crippen LogP contribution in [0.25, 0.3) is 11.0 Å². The second-order valence-corrected chi connectivity index (χ2v) is 4.54. The molecule has 0 aliphatic carbocycles. The molecular formula is C15H19N3O. The van der Waals surface area contributed by atoms with Crippen LogP contribution in [0.15, 0.2) is 36.4 Å². The predicted molar refractivity (Wildman–Crippen MR) is 76.1 cm³/mol. The molecular weight excluding hydrogens is 238 g/mol. The standard InChI is InChI=1S/C15H19N3O/c1-2-3-4-5-6-7-12-15(19)18-14-11-9-8-10-13(14)16-17-18/h4-5,8-11H,2-3,6-7,12H2,1H3/b5-4+. The Labute approximate surface area is 113 Å². The van der Waals surface area contributed by atoms with Gasteiger partial charge in [0, 0.05) is 6.42 Å². The van der Waals surface area contributed by atoms with Gasteiger partial charge in [-0.25, -0.2) is 0 Å². The number of carbonyl (C=O) groups excluding carboxylic acids is 1. The summed E-state index contributed by atoms with van der Waals surface area (Å²) in [5.41, 5.74) is 1.55. The predicted octanol–water partition coefficient (Wildman–Crippen LogP) is 3.60. The van der Waals surface area contributed by atoms with Crippen LogP contribution in [0.5, 0.6) is 0 Å². The quantitative estimate of drug-likeness (QED) is 0.587. The Balaban J connectivity index is 1.90. The molecule has 2 aromatic rings. The average molecular weight is 257 g/mol. The van der Waals surface area contributed by atoms with Crippen molar-refractivity contribution in [2.45, 2.75) is 39.0 Å². The van der Waals surface area contributed by atoms with Crippen molar-refractivity contribution in [3.8, 4) is 0 Å². The minimum atomic E-state index is 0.0117. The van der Waals surface area contributed by atoms with Gasteiger partial charge < -0.3 is 0 Å². The number of carbonyl (C=O) groups is 1. The van der Waals surface area contributed by atoms with E-state index in [0.29, 0.717) is 6.42 Å². The molecule has 0 saturated carbocycles. The maximum atomic E-state index is 12.0. The summed E-state index contributed by atoms with van der Waals surface area (Å²) in [7, 11) is 0. The number of hydrogen-bond donors (Lipinski definition) is 0. The van der Waals surface area contributed by atoms with Crippen molar-refractivity contribution in [3.05, 3.63) is 36.4 Å². The highest BCUT2D eigenvalue weighted by molar-refractivity contribution is 5.88. The van der Waals surface area contributed by atoms with Crippen LogP contribution >= 0.6 is 0 Å². The normalized spacial score (nSPS) is 11.4. The molecule has 0 spiro atoms. The van der Waals surface area contributed by atoms with Crippen molar-refractivity contribution in [3.63, 3.8) is 0 Å². The van der Waals surface area contributed by atoms with E-state index in [2.05, 4.69) is 29.4 Å². The van der Waals surface area contributed by atoms with Gasteiger partial charge in [0.25, 0.3) is 0 Å². The molecule has 100 valence electrons. The minimum absolute atomic E-state index is 0.0117. The summed E-state index contributed by atoms with van der Waals surface area (Å²) in [5, 5.41) is 7.91. The van der Waals surface area contributed by atoms with Gasteiger partial charge in [0.05, 0.1) is 5.52 Å². The smallest absolute Gasteiger partial charge is 0.248 e. The van der Waals surface area contributed by atoms with E-state index in [1.54, 1.807) is 0 Å². The topological polar surface area (TPSA) is 47.8 Å². The maximum absolute atomic E-state index is 12.0. The first-order valence-corrected chi connectivity index (χ1v) is 6.81. The van der Waals surface area contributed by atoms with E-state index in [1.807, 2.05) is 24.3 Å². The molecule has 1 aromatic carbocycles. The van der Waals surface area contributed by atoms with Gasteiger partial charge in [0.2, 0.25) is 5.91 Å². The largest absolute Gasteiger partial charge is 0.273 e. The van der Waals surface area contributed by atoms with E-state index in [1.165, 1.54) is 11.1 Å². The first-order chi connectivity index (χ1) is 9.33. The van der Waals surface area contributed by atoms with Crippen LogP contribution in [0, 0.1) is 0 Å². The Kier molecular flexibility index (Phi) is 4.84. The first kappa shape index (κ1) is 13.5. The molecule has 0 unspecified atom stereocenters. The summed E-state index contributed by atoms with van der Waals surface area (Å²) >= 11 is 0. The Hall–Kier alpha value is -1.97. The van der Waals surface area contributed by atoms with Gasteiger partial charge in [0.15, 0.2) is 0 Å². The molecule has 1 aromatic heterocycles. The third kappa shape index (κ3) is 3.50. The average Bonchev–Trinajstić information content (AvgIpc) is 2.86. The highest BCUT2D eigenvalue weighted by Crippen LogP contribution is 2.11. The summed E-state index contributed by atoms with van der Waals surface area (Å²) < 4.78 is 1.41. The van der Waals surface area contributed by atoms with E-state index in [0.717, 1.165) is 30.3 Å². The molecule has 2 rings (SSSR count). The Morgan fingerprint density at radius 2 is 2.05 bits per heavy atom. The number of fused-ring (bicyclic) bond motifs is 1. The second kappa shape index (κ2) is 6.83. The first-order valence-electron chi connectivity index (χ1n) is 6.81. The summed E-state index contributed by atoms with van der Waals surface area (Å²) in [4.78, 5) is 12.0. The maximum Gasteiger partial charge on any atom is 0.248 e. The van der Waals surface area contributed by atoms with Gasteiger partial charge in [-0.2, -0.15) is 4.68 Å². The Morgan fingerprint density at radius 1 is 1.26 bits per heavy atom. The van der Waals surface area contributed by atoms with E-state index in [9.17, 15) is 4.79 Å². The fourth-order valence-corrected chi connectivity index (χ4v) is 1.93. The summed E-state index contributed by atoms with van der Waals surface area (Å²) in [5.74, 6) is 0.0117. The zero-order valence-electron chi connectivity index (χ0n) is 11.2. The number of para-hydroxylation sites is 1. The van der Waals surface area contributed by atoms with Crippen molar-refractivity contribution >= 4 is 16.9 Å². The molecule has 0 atom stereocenters. The van der Waals surface area contributed by atoms with Crippen LogP contribution in [0.3, 0.4) is 0 Å². The lowest BCUT2D eigenvalue weighted by Gasteiger charge is -1.99. The van der Waals surface area contributed by atoms with E-state index in [4.69, 9.17) is 0 Å². The summed E-state index contributed by atoms with van der Waals surface area (Å²) in [6.07, 6.45) is 8.91. The van der Waals surface area contributed by atoms with Crippen LogP contribution in [-0.4, -0.2) is 20.9 Å². The molecule has 0 N–H and O–H groups in total. The number of benzene rings is 1. The fourth-order valence-electron chi connectivity index (χ4n) is 1.93. The zero-order chi connectivity index (χ0) is 13.5. The molecule has 4 nitrogen and oxygen atoms in total. The van der Waals surface area contributed by atoms with Crippen molar-refractivity contribution in [1.82, 2.24) is 15.0 Å². The van der Waals surface area contributed by atoms with E-state index < -0.39 is 0 Å².